The molecule has 0 aromatic carbocycles. The minimum atomic E-state index is 0.421. The van der Waals surface area contributed by atoms with Crippen LogP contribution in [-0.4, -0.2) is 35.0 Å². The molecule has 0 fully saturated rings. The van der Waals surface area contributed by atoms with Crippen LogP contribution in [0.5, 0.6) is 0 Å². The van der Waals surface area contributed by atoms with Gasteiger partial charge in [-0.05, 0) is 44.7 Å². The highest BCUT2D eigenvalue weighted by molar-refractivity contribution is 5.42. The van der Waals surface area contributed by atoms with Gasteiger partial charge in [0.15, 0.2) is 0 Å². The highest BCUT2D eigenvalue weighted by Crippen LogP contribution is 2.15. The fourth-order valence-corrected chi connectivity index (χ4v) is 2.38. The lowest BCUT2D eigenvalue weighted by Crippen LogP contribution is -2.31. The maximum Gasteiger partial charge on any atom is 0.130 e. The minimum absolute atomic E-state index is 0.421. The lowest BCUT2D eigenvalue weighted by atomic mass is 10.1. The van der Waals surface area contributed by atoms with Gasteiger partial charge < -0.3 is 5.32 Å². The Kier molecular flexibility index (Phi) is 5.28. The Labute approximate surface area is 127 Å². The number of likely N-dealkylation sites (N-methyl/N-ethyl adjacent to an activating group) is 1. The summed E-state index contributed by atoms with van der Waals surface area (Å²) in [6, 6.07) is 8.72. The Hall–Kier alpha value is -1.94. The van der Waals surface area contributed by atoms with Crippen LogP contribution in [0.15, 0.2) is 36.7 Å². The second-order valence-corrected chi connectivity index (χ2v) is 5.55. The molecule has 2 heterocycles. The average molecular weight is 284 g/mol. The summed E-state index contributed by atoms with van der Waals surface area (Å²) in [5, 5.41) is 3.15. The molecule has 2 aromatic heterocycles. The van der Waals surface area contributed by atoms with Gasteiger partial charge in [0.2, 0.25) is 0 Å². The van der Waals surface area contributed by atoms with E-state index in [2.05, 4.69) is 53.2 Å². The van der Waals surface area contributed by atoms with Crippen LogP contribution in [0.2, 0.25) is 0 Å². The Morgan fingerprint density at radius 1 is 1.24 bits per heavy atom. The fourth-order valence-electron chi connectivity index (χ4n) is 2.38. The molecule has 0 aliphatic heterocycles. The first-order valence-electron chi connectivity index (χ1n) is 7.33. The summed E-state index contributed by atoms with van der Waals surface area (Å²) in [5.41, 5.74) is 3.63. The Balaban J connectivity index is 2.01. The Morgan fingerprint density at radius 2 is 2.05 bits per heavy atom. The number of hydrogen-bond donors (Lipinski definition) is 1. The quantitative estimate of drug-likeness (QED) is 0.885. The van der Waals surface area contributed by atoms with Gasteiger partial charge in [-0.2, -0.15) is 0 Å². The predicted octanol–water partition coefficient (Wildman–Crippen LogP) is 2.89. The third-order valence-corrected chi connectivity index (χ3v) is 3.78. The van der Waals surface area contributed by atoms with E-state index in [-0.39, 0.29) is 0 Å². The minimum Gasteiger partial charge on any atom is -0.373 e. The monoisotopic (exact) mass is 284 g/mol. The molecule has 2 rings (SSSR count). The third-order valence-electron chi connectivity index (χ3n) is 3.78. The predicted molar refractivity (Wildman–Crippen MR) is 87.4 cm³/mol. The molecule has 1 atom stereocenters. The molecule has 1 N–H and O–H groups in total. The first-order valence-corrected chi connectivity index (χ1v) is 7.33. The molecule has 0 aliphatic rings. The van der Waals surface area contributed by atoms with Crippen molar-refractivity contribution in [1.29, 1.82) is 0 Å². The second kappa shape index (κ2) is 7.18. The van der Waals surface area contributed by atoms with Crippen molar-refractivity contribution in [2.24, 2.45) is 0 Å². The average Bonchev–Trinajstić information content (AvgIpc) is 2.47. The standard InChI is InChI=1S/C17H24N4/c1-13-7-9-19-16(10-13)11-14(2)21(4)12-15-6-5-8-20-17(15)18-3/h5-10,14H,11-12H2,1-4H3,(H,18,20)/t14-/m1/s1. The number of aromatic nitrogens is 2. The molecule has 112 valence electrons. The van der Waals surface area contributed by atoms with Gasteiger partial charge in [0.1, 0.15) is 5.82 Å². The summed E-state index contributed by atoms with van der Waals surface area (Å²) >= 11 is 0. The smallest absolute Gasteiger partial charge is 0.130 e. The van der Waals surface area contributed by atoms with Gasteiger partial charge in [-0.3, -0.25) is 9.88 Å². The van der Waals surface area contributed by atoms with Gasteiger partial charge in [-0.25, -0.2) is 4.98 Å². The van der Waals surface area contributed by atoms with Crippen molar-refractivity contribution in [3.63, 3.8) is 0 Å². The highest BCUT2D eigenvalue weighted by atomic mass is 15.1. The SMILES string of the molecule is CNc1ncccc1CN(C)[C@H](C)Cc1cc(C)ccn1. The molecule has 4 nitrogen and oxygen atoms in total. The van der Waals surface area contributed by atoms with Crippen LogP contribution in [0.1, 0.15) is 23.7 Å². The van der Waals surface area contributed by atoms with Crippen LogP contribution in [0.4, 0.5) is 5.82 Å². The van der Waals surface area contributed by atoms with Crippen LogP contribution < -0.4 is 5.32 Å². The zero-order valence-electron chi connectivity index (χ0n) is 13.3. The number of hydrogen-bond acceptors (Lipinski definition) is 4. The van der Waals surface area contributed by atoms with E-state index < -0.39 is 0 Å². The molecule has 0 radical (unpaired) electrons. The maximum atomic E-state index is 4.45. The summed E-state index contributed by atoms with van der Waals surface area (Å²) in [6.45, 7) is 5.21. The Bertz CT molecular complexity index is 583. The molecule has 0 aliphatic carbocycles. The lowest BCUT2D eigenvalue weighted by Gasteiger charge is -2.25. The first-order chi connectivity index (χ1) is 10.1. The van der Waals surface area contributed by atoms with Crippen molar-refractivity contribution in [2.45, 2.75) is 32.9 Å². The van der Waals surface area contributed by atoms with Gasteiger partial charge in [-0.15, -0.1) is 0 Å². The van der Waals surface area contributed by atoms with Crippen LogP contribution in [0.25, 0.3) is 0 Å². The Morgan fingerprint density at radius 3 is 2.76 bits per heavy atom. The van der Waals surface area contributed by atoms with E-state index in [9.17, 15) is 0 Å². The van der Waals surface area contributed by atoms with Crippen molar-refractivity contribution >= 4 is 5.82 Å². The zero-order valence-corrected chi connectivity index (χ0v) is 13.3. The summed E-state index contributed by atoms with van der Waals surface area (Å²) < 4.78 is 0. The number of pyridine rings is 2. The number of aryl methyl sites for hydroxylation is 1. The molecule has 4 heteroatoms. The summed E-state index contributed by atoms with van der Waals surface area (Å²) in [7, 11) is 4.05. The largest absolute Gasteiger partial charge is 0.373 e. The molecular weight excluding hydrogens is 260 g/mol. The normalized spacial score (nSPS) is 12.4. The first kappa shape index (κ1) is 15.4. The number of rotatable bonds is 6. The summed E-state index contributed by atoms with van der Waals surface area (Å²) in [5.74, 6) is 0.949. The molecule has 21 heavy (non-hydrogen) atoms. The van der Waals surface area contributed by atoms with E-state index in [0.717, 1.165) is 24.5 Å². The molecule has 0 spiro atoms. The zero-order chi connectivity index (χ0) is 15.2. The van der Waals surface area contributed by atoms with E-state index in [0.29, 0.717) is 6.04 Å². The van der Waals surface area contributed by atoms with E-state index >= 15 is 0 Å². The van der Waals surface area contributed by atoms with Crippen LogP contribution >= 0.6 is 0 Å². The van der Waals surface area contributed by atoms with Gasteiger partial charge in [0.25, 0.3) is 0 Å². The molecule has 0 unspecified atom stereocenters. The van der Waals surface area contributed by atoms with Gasteiger partial charge in [0.05, 0.1) is 0 Å². The van der Waals surface area contributed by atoms with Crippen LogP contribution in [-0.2, 0) is 13.0 Å². The summed E-state index contributed by atoms with van der Waals surface area (Å²) in [4.78, 5) is 11.1. The van der Waals surface area contributed by atoms with E-state index in [1.165, 1.54) is 11.1 Å². The van der Waals surface area contributed by atoms with Crippen LogP contribution in [0, 0.1) is 6.92 Å². The molecule has 2 aromatic rings. The van der Waals surface area contributed by atoms with Gasteiger partial charge in [0, 0.05) is 49.7 Å². The molecular formula is C17H24N4. The van der Waals surface area contributed by atoms with Crippen molar-refractivity contribution in [3.05, 3.63) is 53.5 Å². The molecule has 0 amide bonds. The molecule has 0 saturated heterocycles. The van der Waals surface area contributed by atoms with Crippen molar-refractivity contribution in [3.8, 4) is 0 Å². The fraction of sp³-hybridized carbons (Fsp3) is 0.412. The van der Waals surface area contributed by atoms with Crippen molar-refractivity contribution in [1.82, 2.24) is 14.9 Å². The van der Waals surface area contributed by atoms with Gasteiger partial charge >= 0.3 is 0 Å². The third kappa shape index (κ3) is 4.26. The molecule has 0 saturated carbocycles. The summed E-state index contributed by atoms with van der Waals surface area (Å²) in [6.07, 6.45) is 4.65. The number of nitrogens with one attached hydrogen (secondary N) is 1. The van der Waals surface area contributed by atoms with Crippen LogP contribution in [0.3, 0.4) is 0 Å². The second-order valence-electron chi connectivity index (χ2n) is 5.55. The maximum absolute atomic E-state index is 4.45. The van der Waals surface area contributed by atoms with Gasteiger partial charge in [-0.1, -0.05) is 6.07 Å². The number of anilines is 1. The van der Waals surface area contributed by atoms with E-state index in [1.807, 2.05) is 31.6 Å². The molecule has 0 bridgehead atoms. The lowest BCUT2D eigenvalue weighted by molar-refractivity contribution is 0.247. The van der Waals surface area contributed by atoms with E-state index in [1.54, 1.807) is 0 Å². The van der Waals surface area contributed by atoms with Crippen molar-refractivity contribution < 1.29 is 0 Å². The highest BCUT2D eigenvalue weighted by Gasteiger charge is 2.13. The van der Waals surface area contributed by atoms with Crippen molar-refractivity contribution in [2.75, 3.05) is 19.4 Å². The topological polar surface area (TPSA) is 41.1 Å². The van der Waals surface area contributed by atoms with E-state index in [4.69, 9.17) is 0 Å². The number of nitrogens with zero attached hydrogens (tertiary/aromatic N) is 3.